The Balaban J connectivity index is 0.000000468. The zero-order valence-corrected chi connectivity index (χ0v) is 33.2. The monoisotopic (exact) mass is 769 g/mol. The van der Waals surface area contributed by atoms with E-state index in [0.29, 0.717) is 42.7 Å². The number of benzene rings is 1. The second-order valence-electron chi connectivity index (χ2n) is 15.8. The molecule has 2 fully saturated rings. The predicted octanol–water partition coefficient (Wildman–Crippen LogP) is 5.16. The number of halogens is 1. The largest absolute Gasteiger partial charge is 0.489 e. The lowest BCUT2D eigenvalue weighted by Crippen LogP contribution is -2.49. The minimum atomic E-state index is -4.09. The molecule has 5 aliphatic rings. The van der Waals surface area contributed by atoms with E-state index in [1.807, 2.05) is 19.1 Å². The summed E-state index contributed by atoms with van der Waals surface area (Å²) in [5.41, 5.74) is 2.08. The molecule has 1 saturated carbocycles. The van der Waals surface area contributed by atoms with E-state index in [2.05, 4.69) is 39.8 Å². The Morgan fingerprint density at radius 2 is 1.92 bits per heavy atom. The van der Waals surface area contributed by atoms with Gasteiger partial charge < -0.3 is 19.7 Å². The van der Waals surface area contributed by atoms with Crippen molar-refractivity contribution in [3.05, 3.63) is 64.3 Å². The van der Waals surface area contributed by atoms with E-state index in [1.165, 1.54) is 37.4 Å². The fourth-order valence-electron chi connectivity index (χ4n) is 8.66. The van der Waals surface area contributed by atoms with Gasteiger partial charge in [-0.2, -0.15) is 0 Å². The molecule has 2 aliphatic carbocycles. The molecule has 5 atom stereocenters. The number of aromatic nitrogens is 1. The number of hydrogen-bond acceptors (Lipinski definition) is 10. The Bertz CT molecular complexity index is 1770. The average molecular weight is 770 g/mol. The number of rotatable bonds is 4. The highest BCUT2D eigenvalue weighted by Crippen LogP contribution is 2.45. The minimum absolute atomic E-state index is 0.000860. The first-order valence-electron chi connectivity index (χ1n) is 19.3. The normalized spacial score (nSPS) is 29.4. The molecule has 13 heteroatoms. The van der Waals surface area contributed by atoms with Crippen molar-refractivity contribution in [2.24, 2.45) is 17.8 Å². The molecular formula is C40H56ClN5O6S. The summed E-state index contributed by atoms with van der Waals surface area (Å²) in [6.07, 6.45) is 8.57. The van der Waals surface area contributed by atoms with Crippen molar-refractivity contribution in [2.75, 3.05) is 64.5 Å². The van der Waals surface area contributed by atoms with Crippen LogP contribution in [-0.4, -0.2) is 101 Å². The van der Waals surface area contributed by atoms with Crippen LogP contribution in [-0.2, 0) is 31.4 Å². The molecule has 0 radical (unpaired) electrons. The average Bonchev–Trinajstić information content (AvgIpc) is 3.27. The number of pyridine rings is 1. The lowest BCUT2D eigenvalue weighted by molar-refractivity contribution is -0.122. The highest BCUT2D eigenvalue weighted by Gasteiger charge is 2.45. The summed E-state index contributed by atoms with van der Waals surface area (Å²) < 4.78 is 41.0. The molecule has 11 nitrogen and oxygen atoms in total. The number of ether oxygens (including phenoxy) is 2. The molecule has 1 spiro atoms. The number of ketones is 1. The second-order valence-corrected chi connectivity index (χ2v) is 18.1. The van der Waals surface area contributed by atoms with E-state index in [0.717, 1.165) is 51.2 Å². The zero-order valence-electron chi connectivity index (χ0n) is 31.6. The zero-order chi connectivity index (χ0) is 37.8. The molecule has 2 N–H and O–H groups in total. The number of amides is 1. The topological polar surface area (TPSA) is 130 Å². The van der Waals surface area contributed by atoms with Crippen LogP contribution in [0, 0.1) is 17.8 Å². The van der Waals surface area contributed by atoms with Crippen molar-refractivity contribution in [1.29, 1.82) is 0 Å². The Hall–Kier alpha value is -3.03. The van der Waals surface area contributed by atoms with Gasteiger partial charge in [-0.25, -0.2) is 18.1 Å². The fourth-order valence-corrected chi connectivity index (χ4v) is 10.5. The van der Waals surface area contributed by atoms with E-state index in [-0.39, 0.29) is 47.7 Å². The van der Waals surface area contributed by atoms with Crippen molar-refractivity contribution < 1.29 is 27.5 Å². The van der Waals surface area contributed by atoms with Crippen LogP contribution in [0.1, 0.15) is 80.9 Å². The Morgan fingerprint density at radius 1 is 1.13 bits per heavy atom. The van der Waals surface area contributed by atoms with Gasteiger partial charge in [-0.15, -0.1) is 0 Å². The molecule has 0 unspecified atom stereocenters. The van der Waals surface area contributed by atoms with Crippen LogP contribution >= 0.6 is 11.6 Å². The van der Waals surface area contributed by atoms with E-state index in [1.54, 1.807) is 18.2 Å². The first-order chi connectivity index (χ1) is 25.4. The second kappa shape index (κ2) is 17.2. The molecule has 1 amide bonds. The Kier molecular flexibility index (Phi) is 12.9. The highest BCUT2D eigenvalue weighted by atomic mass is 35.5. The highest BCUT2D eigenvalue weighted by molar-refractivity contribution is 7.90. The van der Waals surface area contributed by atoms with Gasteiger partial charge in [0.1, 0.15) is 5.69 Å². The van der Waals surface area contributed by atoms with Crippen LogP contribution < -0.4 is 19.7 Å². The number of allylic oxidation sites excluding steroid dienone is 2. The van der Waals surface area contributed by atoms with Gasteiger partial charge in [0.25, 0.3) is 5.91 Å². The summed E-state index contributed by atoms with van der Waals surface area (Å²) in [5, 5.41) is 3.14. The summed E-state index contributed by atoms with van der Waals surface area (Å²) in [6, 6.07) is 10.0. The predicted molar refractivity (Wildman–Crippen MR) is 208 cm³/mol. The molecule has 53 heavy (non-hydrogen) atoms. The number of anilines is 1. The number of carbonyl (C=O) groups is 2. The summed E-state index contributed by atoms with van der Waals surface area (Å²) in [5.74, 6) is -0.00478. The van der Waals surface area contributed by atoms with E-state index < -0.39 is 21.2 Å². The van der Waals surface area contributed by atoms with E-state index in [9.17, 15) is 18.0 Å². The molecule has 1 aromatic carbocycles. The SMILES string of the molecule is CC(C)N1CCNCC1.COCC[C@@H]1[C@@H](C)C/C=C/C(=O)[C@@H]2CC[C@H]2CN2C[C@@]3(CCCc4cc(Cl)ccc43)COc3ccc(nc32)C(=O)NS1(=O)=O. The molecule has 4 heterocycles. The quantitative estimate of drug-likeness (QED) is 0.430. The molecular weight excluding hydrogens is 714 g/mol. The maximum absolute atomic E-state index is 13.5. The van der Waals surface area contributed by atoms with Crippen molar-refractivity contribution in [2.45, 2.75) is 82.4 Å². The Labute approximate surface area is 320 Å². The lowest BCUT2D eigenvalue weighted by Gasteiger charge is -2.43. The Morgan fingerprint density at radius 3 is 2.62 bits per heavy atom. The third-order valence-electron chi connectivity index (χ3n) is 11.9. The third-order valence-corrected chi connectivity index (χ3v) is 14.1. The number of hydrogen-bond donors (Lipinski definition) is 2. The van der Waals surface area contributed by atoms with E-state index >= 15 is 0 Å². The smallest absolute Gasteiger partial charge is 0.283 e. The van der Waals surface area contributed by atoms with Gasteiger partial charge in [0.05, 0.1) is 11.9 Å². The number of piperazine rings is 1. The molecule has 7 rings (SSSR count). The lowest BCUT2D eigenvalue weighted by atomic mass is 9.69. The van der Waals surface area contributed by atoms with Crippen LogP contribution in [0.4, 0.5) is 5.82 Å². The number of nitrogens with one attached hydrogen (secondary N) is 2. The summed E-state index contributed by atoms with van der Waals surface area (Å²) in [7, 11) is -2.58. The van der Waals surface area contributed by atoms with Crippen LogP contribution in [0.5, 0.6) is 5.75 Å². The van der Waals surface area contributed by atoms with Crippen molar-refractivity contribution in [3.63, 3.8) is 0 Å². The molecule has 3 aliphatic heterocycles. The van der Waals surface area contributed by atoms with Crippen molar-refractivity contribution >= 4 is 39.1 Å². The maximum Gasteiger partial charge on any atom is 0.283 e. The van der Waals surface area contributed by atoms with E-state index in [4.69, 9.17) is 26.1 Å². The first-order valence-corrected chi connectivity index (χ1v) is 21.2. The summed E-state index contributed by atoms with van der Waals surface area (Å²) in [6.45, 7) is 12.9. The number of aryl methyl sites for hydroxylation is 1. The molecule has 1 aromatic heterocycles. The summed E-state index contributed by atoms with van der Waals surface area (Å²) >= 11 is 6.38. The van der Waals surface area contributed by atoms with Gasteiger partial charge in [0.15, 0.2) is 17.4 Å². The van der Waals surface area contributed by atoms with Gasteiger partial charge >= 0.3 is 0 Å². The third kappa shape index (κ3) is 9.10. The van der Waals surface area contributed by atoms with Crippen LogP contribution in [0.2, 0.25) is 5.02 Å². The van der Waals surface area contributed by atoms with Crippen molar-refractivity contribution in [3.8, 4) is 5.75 Å². The minimum Gasteiger partial charge on any atom is -0.489 e. The van der Waals surface area contributed by atoms with Crippen LogP contribution in [0.25, 0.3) is 0 Å². The van der Waals surface area contributed by atoms with Crippen molar-refractivity contribution in [1.82, 2.24) is 19.9 Å². The molecule has 2 aromatic rings. The fraction of sp³-hybridized carbons (Fsp3) is 0.625. The van der Waals surface area contributed by atoms with Gasteiger partial charge in [-0.3, -0.25) is 14.5 Å². The molecule has 1 saturated heterocycles. The van der Waals surface area contributed by atoms with Gasteiger partial charge in [0.2, 0.25) is 10.0 Å². The number of methoxy groups -OCH3 is 1. The maximum atomic E-state index is 13.5. The number of fused-ring (bicyclic) bond motifs is 4. The number of sulfonamides is 1. The van der Waals surface area contributed by atoms with Gasteiger partial charge in [-0.05, 0) is 112 Å². The molecule has 290 valence electrons. The number of nitrogens with zero attached hydrogens (tertiary/aromatic N) is 3. The first kappa shape index (κ1) is 39.7. The van der Waals surface area contributed by atoms with Gasteiger partial charge in [-0.1, -0.05) is 30.7 Å². The standard InChI is InChI=1S/C33H40ClN3O6S.C7H16N2/c1-21-5-3-7-28(38)25-10-8-23(25)18-37-19-33(15-4-6-22-17-24(34)9-11-26(22)33)20-43-29-13-12-27(35-31(29)37)32(39)36-44(40,41)30(21)14-16-42-2;1-7(2)9-5-3-8-4-6-9/h3,7,9,11-13,17,21,23,25,30H,4-6,8,10,14-16,18-20H2,1-2H3,(H,36,39);7-8H,3-6H2,1-2H3/b7-3+;/t21-,23-,25+,30+,33-;/m0./s1. The van der Waals surface area contributed by atoms with Crippen LogP contribution in [0.15, 0.2) is 42.5 Å². The summed E-state index contributed by atoms with van der Waals surface area (Å²) in [4.78, 5) is 36.2. The van der Waals surface area contributed by atoms with Gasteiger partial charge in [0, 0.05) is 75.4 Å². The molecule has 2 bridgehead atoms. The number of carbonyl (C=O) groups excluding carboxylic acids is 2. The van der Waals surface area contributed by atoms with Crippen LogP contribution in [0.3, 0.4) is 0 Å².